The third kappa shape index (κ3) is 3.70. The largest absolute Gasteiger partial charge is 0.291 e. The number of halogens is 1. The molecule has 0 saturated carbocycles. The maximum Gasteiger partial charge on any atom is 0.291 e. The van der Waals surface area contributed by atoms with Gasteiger partial charge in [0.1, 0.15) is 0 Å². The Kier molecular flexibility index (Phi) is 4.72. The van der Waals surface area contributed by atoms with E-state index in [1.165, 1.54) is 0 Å². The third-order valence-electron chi connectivity index (χ3n) is 3.43. The monoisotopic (exact) mass is 338 g/mol. The lowest BCUT2D eigenvalue weighted by Crippen LogP contribution is -2.18. The highest BCUT2D eigenvalue weighted by molar-refractivity contribution is 6.30. The minimum Gasteiger partial charge on any atom is -0.267 e. The number of aryl methyl sites for hydroxylation is 1. The molecule has 0 aliphatic heterocycles. The van der Waals surface area contributed by atoms with Gasteiger partial charge in [-0.15, -0.1) is 0 Å². The third-order valence-corrected chi connectivity index (χ3v) is 3.68. The molecule has 0 unspecified atom stereocenters. The SMILES string of the molecule is Cn1nc(C(=O)N/N=C/c2ccc(Cl)cc2)cc1-c1ccccc1. The van der Waals surface area contributed by atoms with E-state index in [2.05, 4.69) is 15.6 Å². The molecule has 0 fully saturated rings. The van der Waals surface area contributed by atoms with Crippen LogP contribution in [0.25, 0.3) is 11.3 Å². The second-order valence-electron chi connectivity index (χ2n) is 5.16. The van der Waals surface area contributed by atoms with Gasteiger partial charge in [0.05, 0.1) is 11.9 Å². The molecule has 6 heteroatoms. The van der Waals surface area contributed by atoms with E-state index >= 15 is 0 Å². The molecule has 2 aromatic carbocycles. The van der Waals surface area contributed by atoms with Crippen molar-refractivity contribution in [1.82, 2.24) is 15.2 Å². The van der Waals surface area contributed by atoms with E-state index < -0.39 is 0 Å². The van der Waals surface area contributed by atoms with Crippen LogP contribution in [0.1, 0.15) is 16.1 Å². The van der Waals surface area contributed by atoms with Crippen LogP contribution in [-0.4, -0.2) is 21.9 Å². The first-order valence-electron chi connectivity index (χ1n) is 7.32. The summed E-state index contributed by atoms with van der Waals surface area (Å²) in [5.74, 6) is -0.363. The molecular formula is C18H15ClN4O. The van der Waals surface area contributed by atoms with Gasteiger partial charge in [0.25, 0.3) is 5.91 Å². The van der Waals surface area contributed by atoms with Gasteiger partial charge in [-0.1, -0.05) is 54.1 Å². The first-order valence-corrected chi connectivity index (χ1v) is 7.70. The van der Waals surface area contributed by atoms with Gasteiger partial charge in [0.15, 0.2) is 5.69 Å². The second-order valence-corrected chi connectivity index (χ2v) is 5.59. The van der Waals surface area contributed by atoms with Crippen LogP contribution < -0.4 is 5.43 Å². The Labute approximate surface area is 144 Å². The number of benzene rings is 2. The summed E-state index contributed by atoms with van der Waals surface area (Å²) in [6, 6.07) is 18.6. The highest BCUT2D eigenvalue weighted by atomic mass is 35.5. The lowest BCUT2D eigenvalue weighted by molar-refractivity contribution is 0.0949. The molecule has 3 aromatic rings. The van der Waals surface area contributed by atoms with E-state index in [9.17, 15) is 4.79 Å². The van der Waals surface area contributed by atoms with E-state index in [1.54, 1.807) is 36.1 Å². The zero-order valence-electron chi connectivity index (χ0n) is 13.0. The number of carbonyl (C=O) groups excluding carboxylic acids is 1. The van der Waals surface area contributed by atoms with Crippen molar-refractivity contribution in [3.63, 3.8) is 0 Å². The molecule has 0 radical (unpaired) electrons. The summed E-state index contributed by atoms with van der Waals surface area (Å²) in [7, 11) is 1.80. The molecule has 0 spiro atoms. The Balaban J connectivity index is 1.71. The van der Waals surface area contributed by atoms with Crippen LogP contribution in [0.2, 0.25) is 5.02 Å². The van der Waals surface area contributed by atoms with Crippen molar-refractivity contribution >= 4 is 23.7 Å². The molecule has 120 valence electrons. The Morgan fingerprint density at radius 3 is 2.58 bits per heavy atom. The van der Waals surface area contributed by atoms with Crippen molar-refractivity contribution in [2.24, 2.45) is 12.1 Å². The van der Waals surface area contributed by atoms with Gasteiger partial charge in [-0.05, 0) is 29.3 Å². The molecule has 0 aliphatic rings. The quantitative estimate of drug-likeness (QED) is 0.584. The van der Waals surface area contributed by atoms with Crippen LogP contribution in [0, 0.1) is 0 Å². The number of nitrogens with one attached hydrogen (secondary N) is 1. The Morgan fingerprint density at radius 2 is 1.88 bits per heavy atom. The summed E-state index contributed by atoms with van der Waals surface area (Å²) >= 11 is 5.82. The fourth-order valence-electron chi connectivity index (χ4n) is 2.23. The number of hydrogen-bond donors (Lipinski definition) is 1. The molecule has 24 heavy (non-hydrogen) atoms. The van der Waals surface area contributed by atoms with E-state index in [4.69, 9.17) is 11.6 Å². The Hall–Kier alpha value is -2.92. The van der Waals surface area contributed by atoms with Gasteiger partial charge in [-0.2, -0.15) is 10.2 Å². The molecule has 0 saturated heterocycles. The number of rotatable bonds is 4. The van der Waals surface area contributed by atoms with Crippen molar-refractivity contribution in [2.75, 3.05) is 0 Å². The molecule has 0 bridgehead atoms. The highest BCUT2D eigenvalue weighted by Crippen LogP contribution is 2.19. The van der Waals surface area contributed by atoms with E-state index in [0.29, 0.717) is 10.7 Å². The molecule has 1 N–H and O–H groups in total. The summed E-state index contributed by atoms with van der Waals surface area (Å²) in [6.07, 6.45) is 1.55. The summed E-state index contributed by atoms with van der Waals surface area (Å²) in [4.78, 5) is 12.2. The first-order chi connectivity index (χ1) is 11.6. The highest BCUT2D eigenvalue weighted by Gasteiger charge is 2.13. The standard InChI is InChI=1S/C18H15ClN4O/c1-23-17(14-5-3-2-4-6-14)11-16(22-23)18(24)21-20-12-13-7-9-15(19)10-8-13/h2-12H,1H3,(H,21,24)/b20-12+. The minimum atomic E-state index is -0.363. The lowest BCUT2D eigenvalue weighted by atomic mass is 10.1. The summed E-state index contributed by atoms with van der Waals surface area (Å²) in [5, 5.41) is 8.83. The predicted molar refractivity (Wildman–Crippen MR) is 95.2 cm³/mol. The van der Waals surface area contributed by atoms with Crippen molar-refractivity contribution in [3.05, 3.63) is 76.9 Å². The topological polar surface area (TPSA) is 59.3 Å². The molecule has 5 nitrogen and oxygen atoms in total. The summed E-state index contributed by atoms with van der Waals surface area (Å²) in [6.45, 7) is 0. The molecule has 1 amide bonds. The summed E-state index contributed by atoms with van der Waals surface area (Å²) in [5.41, 5.74) is 5.48. The number of nitrogens with zero attached hydrogens (tertiary/aromatic N) is 3. The van der Waals surface area contributed by atoms with Gasteiger partial charge in [0.2, 0.25) is 0 Å². The van der Waals surface area contributed by atoms with E-state index in [-0.39, 0.29) is 5.91 Å². The number of carbonyl (C=O) groups is 1. The maximum atomic E-state index is 12.2. The molecule has 1 aromatic heterocycles. The number of hydrazone groups is 1. The lowest BCUT2D eigenvalue weighted by Gasteiger charge is -1.99. The van der Waals surface area contributed by atoms with E-state index in [0.717, 1.165) is 16.8 Å². The van der Waals surface area contributed by atoms with E-state index in [1.807, 2.05) is 42.5 Å². The van der Waals surface area contributed by atoms with Gasteiger partial charge >= 0.3 is 0 Å². The van der Waals surface area contributed by atoms with Gasteiger partial charge in [0, 0.05) is 12.1 Å². The molecule has 0 atom stereocenters. The Morgan fingerprint density at radius 1 is 1.17 bits per heavy atom. The maximum absolute atomic E-state index is 12.2. The average Bonchev–Trinajstić information content (AvgIpc) is 2.99. The first kappa shape index (κ1) is 16.0. The van der Waals surface area contributed by atoms with Crippen LogP contribution in [0.4, 0.5) is 0 Å². The molecule has 0 aliphatic carbocycles. The van der Waals surface area contributed by atoms with Gasteiger partial charge < -0.3 is 0 Å². The number of amides is 1. The molecule has 1 heterocycles. The number of aromatic nitrogens is 2. The fraction of sp³-hybridized carbons (Fsp3) is 0.0556. The number of hydrogen-bond acceptors (Lipinski definition) is 3. The summed E-state index contributed by atoms with van der Waals surface area (Å²) < 4.78 is 1.67. The fourth-order valence-corrected chi connectivity index (χ4v) is 2.35. The van der Waals surface area contributed by atoms with Crippen molar-refractivity contribution in [3.8, 4) is 11.3 Å². The predicted octanol–water partition coefficient (Wildman–Crippen LogP) is 3.50. The van der Waals surface area contributed by atoms with Crippen molar-refractivity contribution in [2.45, 2.75) is 0 Å². The molecule has 3 rings (SSSR count). The van der Waals surface area contributed by atoms with Gasteiger partial charge in [-0.25, -0.2) is 5.43 Å². The van der Waals surface area contributed by atoms with Crippen LogP contribution in [0.5, 0.6) is 0 Å². The van der Waals surface area contributed by atoms with Crippen LogP contribution in [-0.2, 0) is 7.05 Å². The van der Waals surface area contributed by atoms with Crippen molar-refractivity contribution < 1.29 is 4.79 Å². The van der Waals surface area contributed by atoms with Crippen molar-refractivity contribution in [1.29, 1.82) is 0 Å². The Bertz CT molecular complexity index is 870. The van der Waals surface area contributed by atoms with Crippen LogP contribution in [0.15, 0.2) is 65.8 Å². The zero-order chi connectivity index (χ0) is 16.9. The second kappa shape index (κ2) is 7.10. The van der Waals surface area contributed by atoms with Crippen LogP contribution in [0.3, 0.4) is 0 Å². The van der Waals surface area contributed by atoms with Crippen LogP contribution >= 0.6 is 11.6 Å². The minimum absolute atomic E-state index is 0.310. The zero-order valence-corrected chi connectivity index (χ0v) is 13.7. The molecular weight excluding hydrogens is 324 g/mol. The van der Waals surface area contributed by atoms with Gasteiger partial charge in [-0.3, -0.25) is 9.48 Å². The normalized spacial score (nSPS) is 10.9. The smallest absolute Gasteiger partial charge is 0.267 e. The average molecular weight is 339 g/mol.